The van der Waals surface area contributed by atoms with E-state index in [1.807, 2.05) is 12.1 Å². The third-order valence-corrected chi connectivity index (χ3v) is 4.00. The lowest BCUT2D eigenvalue weighted by atomic mass is 9.99. The van der Waals surface area contributed by atoms with Gasteiger partial charge in [0.05, 0.1) is 0 Å². The first-order chi connectivity index (χ1) is 9.24. The number of fused-ring (bicyclic) bond motifs is 1. The molecule has 0 atom stereocenters. The topological polar surface area (TPSA) is 23.5 Å². The van der Waals surface area contributed by atoms with Gasteiger partial charge in [0.1, 0.15) is 10.7 Å². The van der Waals surface area contributed by atoms with Crippen LogP contribution in [-0.2, 0) is 13.0 Å². The summed E-state index contributed by atoms with van der Waals surface area (Å²) in [5.74, 6) is 0.261. The van der Waals surface area contributed by atoms with Crippen molar-refractivity contribution in [3.8, 4) is 5.75 Å². The quantitative estimate of drug-likeness (QED) is 0.805. The molecule has 0 saturated heterocycles. The minimum Gasteiger partial charge on any atom is -0.508 e. The number of phenolic OH excluding ortho intramolecular Hbond substituents is 1. The summed E-state index contributed by atoms with van der Waals surface area (Å²) in [5.41, 5.74) is 3.67. The fourth-order valence-corrected chi connectivity index (χ4v) is 2.77. The third-order valence-electron chi connectivity index (χ3n) is 3.51. The van der Waals surface area contributed by atoms with E-state index in [0.717, 1.165) is 30.1 Å². The summed E-state index contributed by atoms with van der Waals surface area (Å²) in [6.07, 6.45) is 1.02. The number of aromatic hydroxyl groups is 1. The van der Waals surface area contributed by atoms with E-state index < -0.39 is 0 Å². The van der Waals surface area contributed by atoms with Crippen LogP contribution in [0.1, 0.15) is 16.7 Å². The number of thiocarbonyl (C=S) groups is 1. The van der Waals surface area contributed by atoms with E-state index in [9.17, 15) is 5.11 Å². The minimum absolute atomic E-state index is 0.261. The fraction of sp³-hybridized carbons (Fsp3) is 0.188. The molecule has 1 aliphatic rings. The lowest BCUT2D eigenvalue weighted by molar-refractivity contribution is 0.401. The molecule has 0 spiro atoms. The molecule has 0 fully saturated rings. The standard InChI is InChI=1S/C16H15NOS/c18-15-7-3-6-13(10-15)16(19)17-9-8-12-4-1-2-5-14(12)11-17/h1-7,10,18H,8-9,11H2. The predicted molar refractivity (Wildman–Crippen MR) is 80.4 cm³/mol. The van der Waals surface area contributed by atoms with E-state index in [2.05, 4.69) is 29.2 Å². The second kappa shape index (κ2) is 5.02. The maximum absolute atomic E-state index is 9.54. The van der Waals surface area contributed by atoms with Gasteiger partial charge in [-0.05, 0) is 29.7 Å². The Morgan fingerprint density at radius 2 is 1.84 bits per heavy atom. The smallest absolute Gasteiger partial charge is 0.116 e. The predicted octanol–water partition coefficient (Wildman–Crippen LogP) is 3.13. The normalized spacial score (nSPS) is 14.0. The van der Waals surface area contributed by atoms with E-state index in [-0.39, 0.29) is 5.75 Å². The summed E-state index contributed by atoms with van der Waals surface area (Å²) >= 11 is 5.54. The summed E-state index contributed by atoms with van der Waals surface area (Å²) in [6.45, 7) is 1.79. The van der Waals surface area contributed by atoms with Gasteiger partial charge in [-0.25, -0.2) is 0 Å². The molecule has 0 unspecified atom stereocenters. The van der Waals surface area contributed by atoms with Gasteiger partial charge in [0.25, 0.3) is 0 Å². The fourth-order valence-electron chi connectivity index (χ4n) is 2.49. The monoisotopic (exact) mass is 269 g/mol. The molecule has 19 heavy (non-hydrogen) atoms. The Labute approximate surface area is 118 Å². The van der Waals surface area contributed by atoms with Crippen molar-refractivity contribution in [2.45, 2.75) is 13.0 Å². The number of hydrogen-bond donors (Lipinski definition) is 1. The van der Waals surface area contributed by atoms with Crippen molar-refractivity contribution in [2.24, 2.45) is 0 Å². The molecule has 0 aromatic heterocycles. The molecule has 2 aromatic carbocycles. The summed E-state index contributed by atoms with van der Waals surface area (Å²) in [6, 6.07) is 15.7. The number of benzene rings is 2. The minimum atomic E-state index is 0.261. The van der Waals surface area contributed by atoms with Crippen LogP contribution in [0.25, 0.3) is 0 Å². The SMILES string of the molecule is Oc1cccc(C(=S)N2CCc3ccccc3C2)c1. The van der Waals surface area contributed by atoms with Gasteiger partial charge in [-0.3, -0.25) is 0 Å². The maximum Gasteiger partial charge on any atom is 0.116 e. The largest absolute Gasteiger partial charge is 0.508 e. The highest BCUT2D eigenvalue weighted by Gasteiger charge is 2.18. The van der Waals surface area contributed by atoms with Crippen LogP contribution < -0.4 is 0 Å². The van der Waals surface area contributed by atoms with E-state index >= 15 is 0 Å². The van der Waals surface area contributed by atoms with Crippen LogP contribution in [0.2, 0.25) is 0 Å². The first-order valence-corrected chi connectivity index (χ1v) is 6.80. The van der Waals surface area contributed by atoms with Crippen LogP contribution in [-0.4, -0.2) is 21.5 Å². The number of phenols is 1. The Bertz CT molecular complexity index is 624. The second-order valence-electron chi connectivity index (χ2n) is 4.80. The van der Waals surface area contributed by atoms with Crippen molar-refractivity contribution in [1.82, 2.24) is 4.90 Å². The maximum atomic E-state index is 9.54. The van der Waals surface area contributed by atoms with Crippen LogP contribution in [0.5, 0.6) is 5.75 Å². The van der Waals surface area contributed by atoms with Gasteiger partial charge < -0.3 is 10.0 Å². The lowest BCUT2D eigenvalue weighted by Gasteiger charge is -2.31. The Kier molecular flexibility index (Phi) is 3.22. The van der Waals surface area contributed by atoms with Gasteiger partial charge in [-0.15, -0.1) is 0 Å². The number of nitrogens with zero attached hydrogens (tertiary/aromatic N) is 1. The first-order valence-electron chi connectivity index (χ1n) is 6.39. The highest BCUT2D eigenvalue weighted by molar-refractivity contribution is 7.80. The van der Waals surface area contributed by atoms with Crippen molar-refractivity contribution in [3.05, 3.63) is 65.2 Å². The van der Waals surface area contributed by atoms with Crippen molar-refractivity contribution >= 4 is 17.2 Å². The molecule has 96 valence electrons. The summed E-state index contributed by atoms with van der Waals surface area (Å²) in [5, 5.41) is 9.54. The van der Waals surface area contributed by atoms with Crippen LogP contribution in [0, 0.1) is 0 Å². The molecule has 0 radical (unpaired) electrons. The molecule has 3 heteroatoms. The molecule has 1 heterocycles. The first kappa shape index (κ1) is 12.2. The lowest BCUT2D eigenvalue weighted by Crippen LogP contribution is -2.35. The second-order valence-corrected chi connectivity index (χ2v) is 5.18. The zero-order valence-corrected chi connectivity index (χ0v) is 11.4. The zero-order chi connectivity index (χ0) is 13.2. The van der Waals surface area contributed by atoms with Crippen molar-refractivity contribution in [2.75, 3.05) is 6.54 Å². The molecule has 0 aliphatic carbocycles. The van der Waals surface area contributed by atoms with Gasteiger partial charge in [0.15, 0.2) is 0 Å². The Morgan fingerprint density at radius 3 is 2.63 bits per heavy atom. The van der Waals surface area contributed by atoms with E-state index in [1.165, 1.54) is 11.1 Å². The van der Waals surface area contributed by atoms with E-state index in [0.29, 0.717) is 0 Å². The number of hydrogen-bond acceptors (Lipinski definition) is 2. The van der Waals surface area contributed by atoms with Crippen molar-refractivity contribution < 1.29 is 5.11 Å². The van der Waals surface area contributed by atoms with Crippen molar-refractivity contribution in [3.63, 3.8) is 0 Å². The Hall–Kier alpha value is -1.87. The average Bonchev–Trinajstić information content (AvgIpc) is 2.46. The van der Waals surface area contributed by atoms with E-state index in [1.54, 1.807) is 12.1 Å². The molecular weight excluding hydrogens is 254 g/mol. The van der Waals surface area contributed by atoms with E-state index in [4.69, 9.17) is 12.2 Å². The number of rotatable bonds is 1. The molecule has 3 rings (SSSR count). The zero-order valence-electron chi connectivity index (χ0n) is 10.5. The van der Waals surface area contributed by atoms with Crippen molar-refractivity contribution in [1.29, 1.82) is 0 Å². The van der Waals surface area contributed by atoms with Gasteiger partial charge in [-0.1, -0.05) is 48.6 Å². The van der Waals surface area contributed by atoms with Gasteiger partial charge in [0.2, 0.25) is 0 Å². The van der Waals surface area contributed by atoms with Gasteiger partial charge in [-0.2, -0.15) is 0 Å². The highest BCUT2D eigenvalue weighted by atomic mass is 32.1. The average molecular weight is 269 g/mol. The Morgan fingerprint density at radius 1 is 1.05 bits per heavy atom. The van der Waals surface area contributed by atoms with Gasteiger partial charge >= 0.3 is 0 Å². The van der Waals surface area contributed by atoms with Crippen LogP contribution >= 0.6 is 12.2 Å². The molecular formula is C16H15NOS. The van der Waals surface area contributed by atoms with Crippen LogP contribution in [0.3, 0.4) is 0 Å². The van der Waals surface area contributed by atoms with Gasteiger partial charge in [0, 0.05) is 18.7 Å². The third kappa shape index (κ3) is 2.47. The molecule has 1 aliphatic heterocycles. The molecule has 0 saturated carbocycles. The molecule has 2 aromatic rings. The van der Waals surface area contributed by atoms with Crippen LogP contribution in [0.15, 0.2) is 48.5 Å². The summed E-state index contributed by atoms with van der Waals surface area (Å²) < 4.78 is 0. The molecule has 1 N–H and O–H groups in total. The molecule has 0 amide bonds. The molecule has 0 bridgehead atoms. The Balaban J connectivity index is 1.83. The molecule has 2 nitrogen and oxygen atoms in total. The van der Waals surface area contributed by atoms with Crippen LogP contribution in [0.4, 0.5) is 0 Å². The summed E-state index contributed by atoms with van der Waals surface area (Å²) in [4.78, 5) is 3.01. The highest BCUT2D eigenvalue weighted by Crippen LogP contribution is 2.21. The summed E-state index contributed by atoms with van der Waals surface area (Å²) in [7, 11) is 0.